The van der Waals surface area contributed by atoms with E-state index in [1.54, 1.807) is 0 Å². The molecule has 2 aliphatic rings. The number of hydrogen-bond donors (Lipinski definition) is 0. The summed E-state index contributed by atoms with van der Waals surface area (Å²) in [7, 11) is 0. The average molecular weight is 333 g/mol. The first kappa shape index (κ1) is 16.8. The van der Waals surface area contributed by atoms with Gasteiger partial charge in [-0.25, -0.2) is 0 Å². The molecular weight excluding hydrogens is 311 g/mol. The molecule has 5 heteroatoms. The number of allylic oxidation sites excluding steroid dienone is 2. The lowest BCUT2D eigenvalue weighted by Gasteiger charge is -2.15. The number of cyclic esters (lactones) is 1. The molecule has 0 amide bonds. The molecule has 1 fully saturated rings. The summed E-state index contributed by atoms with van der Waals surface area (Å²) in [6.07, 6.45) is 8.25. The van der Waals surface area contributed by atoms with Crippen molar-refractivity contribution < 1.29 is 14.3 Å². The number of rotatable bonds is 0. The molecule has 0 saturated heterocycles. The molecule has 1 saturated carbocycles. The van der Waals surface area contributed by atoms with Crippen LogP contribution in [0.3, 0.4) is 0 Å². The van der Waals surface area contributed by atoms with Gasteiger partial charge in [0.1, 0.15) is 10.1 Å². The third kappa shape index (κ3) is 5.00. The lowest BCUT2D eigenvalue weighted by atomic mass is 9.89. The Balaban J connectivity index is 2.09. The summed E-state index contributed by atoms with van der Waals surface area (Å²) >= 11 is 12.4. The van der Waals surface area contributed by atoms with Gasteiger partial charge in [-0.05, 0) is 44.9 Å². The Morgan fingerprint density at radius 3 is 2.76 bits per heavy atom. The number of halogens is 2. The highest BCUT2D eigenvalue weighted by Crippen LogP contribution is 2.48. The zero-order valence-electron chi connectivity index (χ0n) is 12.3. The summed E-state index contributed by atoms with van der Waals surface area (Å²) < 4.78 is 4.47. The van der Waals surface area contributed by atoms with Crippen molar-refractivity contribution in [3.63, 3.8) is 0 Å². The number of ether oxygens (including phenoxy) is 1. The number of carbonyl (C=O) groups is 2. The first-order chi connectivity index (χ1) is 9.87. The van der Waals surface area contributed by atoms with Crippen molar-refractivity contribution in [2.75, 3.05) is 0 Å². The van der Waals surface area contributed by atoms with E-state index < -0.39 is 4.33 Å². The maximum Gasteiger partial charge on any atom is 0.306 e. The molecule has 0 radical (unpaired) electrons. The monoisotopic (exact) mass is 332 g/mol. The van der Waals surface area contributed by atoms with Crippen LogP contribution in [0.5, 0.6) is 0 Å². The van der Waals surface area contributed by atoms with Gasteiger partial charge in [-0.15, -0.1) is 23.2 Å². The molecule has 21 heavy (non-hydrogen) atoms. The van der Waals surface area contributed by atoms with E-state index >= 15 is 0 Å². The summed E-state index contributed by atoms with van der Waals surface area (Å²) in [4.78, 5) is 24.1. The zero-order valence-corrected chi connectivity index (χ0v) is 13.8. The van der Waals surface area contributed by atoms with E-state index in [9.17, 15) is 9.59 Å². The third-order valence-corrected chi connectivity index (χ3v) is 4.87. The van der Waals surface area contributed by atoms with Crippen LogP contribution < -0.4 is 0 Å². The molecular formula is C16H22Cl2O3. The minimum absolute atomic E-state index is 0.0664. The molecule has 3 atom stereocenters. The second kappa shape index (κ2) is 7.15. The van der Waals surface area contributed by atoms with Crippen LogP contribution >= 0.6 is 23.2 Å². The minimum Gasteiger partial charge on any atom is -0.463 e. The minimum atomic E-state index is -0.832. The Morgan fingerprint density at radius 2 is 2.00 bits per heavy atom. The molecule has 0 bridgehead atoms. The van der Waals surface area contributed by atoms with Crippen molar-refractivity contribution in [1.29, 1.82) is 0 Å². The Bertz CT molecular complexity index is 431. The smallest absolute Gasteiger partial charge is 0.306 e. The van der Waals surface area contributed by atoms with Gasteiger partial charge < -0.3 is 4.74 Å². The highest BCUT2D eigenvalue weighted by atomic mass is 35.5. The fourth-order valence-electron chi connectivity index (χ4n) is 3.15. The van der Waals surface area contributed by atoms with Crippen LogP contribution in [-0.2, 0) is 14.3 Å². The van der Waals surface area contributed by atoms with Crippen LogP contribution in [0.4, 0.5) is 0 Å². The lowest BCUT2D eigenvalue weighted by Crippen LogP contribution is -2.20. The molecule has 0 spiro atoms. The molecule has 1 heterocycles. The molecule has 0 N–H and O–H groups in total. The molecule has 1 aliphatic heterocycles. The highest BCUT2D eigenvalue weighted by Gasteiger charge is 2.44. The Hall–Kier alpha value is -0.540. The number of hydrogen-bond acceptors (Lipinski definition) is 3. The number of fused-ring (bicyclic) bond motifs is 1. The maximum atomic E-state index is 12.4. The van der Waals surface area contributed by atoms with Gasteiger partial charge in [-0.3, -0.25) is 9.59 Å². The van der Waals surface area contributed by atoms with Gasteiger partial charge in [0, 0.05) is 12.3 Å². The van der Waals surface area contributed by atoms with Gasteiger partial charge in [-0.1, -0.05) is 12.2 Å². The molecule has 1 aliphatic carbocycles. The van der Waals surface area contributed by atoms with Crippen LogP contribution in [-0.4, -0.2) is 22.2 Å². The standard InChI is InChI=1S/C16H22Cl2O3/c1-11-5-3-2-4-6-12-9-16(17,18)10-13(12)14(19)7-8-15(20)21-11/h4,6,11-13H,2-3,5,7-10H2,1H3/b6-4+/t11-,12+,13-/m0/s1. The number of ketones is 1. The van der Waals surface area contributed by atoms with Crippen LogP contribution in [0.25, 0.3) is 0 Å². The van der Waals surface area contributed by atoms with E-state index in [4.69, 9.17) is 27.9 Å². The first-order valence-corrected chi connectivity index (χ1v) is 8.40. The molecule has 0 unspecified atom stereocenters. The molecule has 118 valence electrons. The molecule has 2 rings (SSSR count). The topological polar surface area (TPSA) is 43.4 Å². The van der Waals surface area contributed by atoms with Gasteiger partial charge in [0.05, 0.1) is 12.5 Å². The van der Waals surface area contributed by atoms with E-state index in [1.165, 1.54) is 0 Å². The summed E-state index contributed by atoms with van der Waals surface area (Å²) in [5.74, 6) is -0.318. The second-order valence-corrected chi connectivity index (χ2v) is 7.80. The molecule has 0 aromatic carbocycles. The number of carbonyl (C=O) groups excluding carboxylic acids is 2. The zero-order chi connectivity index (χ0) is 15.5. The SMILES string of the molecule is C[C@H]1CCC/C=C/[C@@H]2CC(Cl)(Cl)C[C@@H]2C(=O)CCC(=O)O1. The van der Waals surface area contributed by atoms with Gasteiger partial charge in [-0.2, -0.15) is 0 Å². The molecule has 3 nitrogen and oxygen atoms in total. The lowest BCUT2D eigenvalue weighted by molar-refractivity contribution is -0.149. The number of esters is 1. The van der Waals surface area contributed by atoms with E-state index in [0.29, 0.717) is 12.8 Å². The quantitative estimate of drug-likeness (QED) is 0.379. The van der Waals surface area contributed by atoms with Crippen molar-refractivity contribution in [3.05, 3.63) is 12.2 Å². The van der Waals surface area contributed by atoms with Gasteiger partial charge in [0.25, 0.3) is 0 Å². The van der Waals surface area contributed by atoms with Crippen LogP contribution in [0.2, 0.25) is 0 Å². The first-order valence-electron chi connectivity index (χ1n) is 7.64. The Morgan fingerprint density at radius 1 is 1.24 bits per heavy atom. The van der Waals surface area contributed by atoms with Crippen molar-refractivity contribution in [1.82, 2.24) is 0 Å². The van der Waals surface area contributed by atoms with Gasteiger partial charge >= 0.3 is 5.97 Å². The highest BCUT2D eigenvalue weighted by molar-refractivity contribution is 6.48. The normalized spacial score (nSPS) is 35.9. The van der Waals surface area contributed by atoms with Crippen molar-refractivity contribution in [2.45, 2.75) is 62.3 Å². The van der Waals surface area contributed by atoms with Crippen LogP contribution in [0, 0.1) is 11.8 Å². The van der Waals surface area contributed by atoms with E-state index in [0.717, 1.165) is 19.3 Å². The Labute approximate surface area is 136 Å². The third-order valence-electron chi connectivity index (χ3n) is 4.26. The number of Topliss-reactive ketones (excluding diaryl/α,β-unsaturated/α-hetero) is 1. The van der Waals surface area contributed by atoms with E-state index in [-0.39, 0.29) is 42.5 Å². The number of alkyl halides is 2. The second-order valence-electron chi connectivity index (χ2n) is 6.16. The van der Waals surface area contributed by atoms with Crippen molar-refractivity contribution in [3.8, 4) is 0 Å². The van der Waals surface area contributed by atoms with Gasteiger partial charge in [0.2, 0.25) is 0 Å². The maximum absolute atomic E-state index is 12.4. The van der Waals surface area contributed by atoms with Crippen molar-refractivity contribution in [2.24, 2.45) is 11.8 Å². The fraction of sp³-hybridized carbons (Fsp3) is 0.750. The molecule has 0 aromatic rings. The molecule has 0 aromatic heterocycles. The van der Waals surface area contributed by atoms with E-state index in [1.807, 2.05) is 6.92 Å². The summed E-state index contributed by atoms with van der Waals surface area (Å²) in [5.41, 5.74) is 0. The summed E-state index contributed by atoms with van der Waals surface area (Å²) in [6, 6.07) is 0. The van der Waals surface area contributed by atoms with Crippen LogP contribution in [0.1, 0.15) is 51.9 Å². The Kier molecular flexibility index (Phi) is 5.73. The van der Waals surface area contributed by atoms with Gasteiger partial charge in [0.15, 0.2) is 0 Å². The van der Waals surface area contributed by atoms with Crippen LogP contribution in [0.15, 0.2) is 12.2 Å². The largest absolute Gasteiger partial charge is 0.463 e. The summed E-state index contributed by atoms with van der Waals surface area (Å²) in [6.45, 7) is 1.90. The predicted octanol–water partition coefficient (Wildman–Crippen LogP) is 4.21. The van der Waals surface area contributed by atoms with Crippen molar-refractivity contribution >= 4 is 35.0 Å². The average Bonchev–Trinajstić information content (AvgIpc) is 2.70. The predicted molar refractivity (Wildman–Crippen MR) is 83.4 cm³/mol. The summed E-state index contributed by atoms with van der Waals surface area (Å²) in [5, 5.41) is 0. The van der Waals surface area contributed by atoms with E-state index in [2.05, 4.69) is 12.2 Å². The fourth-order valence-corrected chi connectivity index (χ4v) is 3.83.